The van der Waals surface area contributed by atoms with Gasteiger partial charge in [-0.2, -0.15) is 0 Å². The molecule has 1 heterocycles. The summed E-state index contributed by atoms with van der Waals surface area (Å²) in [7, 11) is 1.71. The molecule has 0 bridgehead atoms. The minimum atomic E-state index is 0.413. The zero-order chi connectivity index (χ0) is 14.4. The van der Waals surface area contributed by atoms with Gasteiger partial charge in [0.05, 0.1) is 13.2 Å². The van der Waals surface area contributed by atoms with Crippen LogP contribution in [0.4, 0.5) is 0 Å². The first-order valence-corrected chi connectivity index (χ1v) is 6.81. The molecule has 0 atom stereocenters. The van der Waals surface area contributed by atoms with Crippen molar-refractivity contribution in [2.45, 2.75) is 13.1 Å². The molecular formula is C16H22N2O2. The van der Waals surface area contributed by atoms with E-state index in [0.717, 1.165) is 36.4 Å². The van der Waals surface area contributed by atoms with Crippen LogP contribution in [0.1, 0.15) is 11.3 Å². The zero-order valence-electron chi connectivity index (χ0n) is 12.0. The number of ether oxygens (including phenoxy) is 1. The second kappa shape index (κ2) is 7.24. The number of furan rings is 1. The first-order valence-electron chi connectivity index (χ1n) is 6.81. The van der Waals surface area contributed by atoms with Crippen LogP contribution in [-0.4, -0.2) is 31.7 Å². The number of nitrogens with zero attached hydrogens (tertiary/aromatic N) is 1. The van der Waals surface area contributed by atoms with E-state index in [1.807, 2.05) is 24.3 Å². The third-order valence-electron chi connectivity index (χ3n) is 3.35. The van der Waals surface area contributed by atoms with Crippen molar-refractivity contribution >= 4 is 11.0 Å². The summed E-state index contributed by atoms with van der Waals surface area (Å²) in [6.45, 7) is 7.38. The van der Waals surface area contributed by atoms with Gasteiger partial charge in [-0.3, -0.25) is 4.90 Å². The molecule has 2 N–H and O–H groups in total. The molecule has 4 heteroatoms. The number of para-hydroxylation sites is 1. The van der Waals surface area contributed by atoms with Crippen molar-refractivity contribution in [3.63, 3.8) is 0 Å². The molecule has 0 spiro atoms. The number of hydrogen-bond acceptors (Lipinski definition) is 4. The van der Waals surface area contributed by atoms with Gasteiger partial charge in [0.2, 0.25) is 0 Å². The number of methoxy groups -OCH3 is 1. The fraction of sp³-hybridized carbons (Fsp3) is 0.375. The molecule has 0 aliphatic carbocycles. The SMILES string of the molecule is C=CCN(CCOC)Cc1c(CN)oc2ccccc12. The Morgan fingerprint density at radius 3 is 2.90 bits per heavy atom. The molecule has 1 aromatic carbocycles. The van der Waals surface area contributed by atoms with E-state index in [4.69, 9.17) is 14.9 Å². The van der Waals surface area contributed by atoms with Crippen LogP contribution in [0.3, 0.4) is 0 Å². The van der Waals surface area contributed by atoms with E-state index < -0.39 is 0 Å². The molecular weight excluding hydrogens is 252 g/mol. The van der Waals surface area contributed by atoms with E-state index >= 15 is 0 Å². The lowest BCUT2D eigenvalue weighted by molar-refractivity contribution is 0.151. The van der Waals surface area contributed by atoms with Crippen molar-refractivity contribution in [1.82, 2.24) is 4.90 Å². The van der Waals surface area contributed by atoms with E-state index in [1.54, 1.807) is 7.11 Å². The van der Waals surface area contributed by atoms with Crippen LogP contribution >= 0.6 is 0 Å². The van der Waals surface area contributed by atoms with E-state index in [2.05, 4.69) is 17.5 Å². The maximum Gasteiger partial charge on any atom is 0.134 e. The molecule has 4 nitrogen and oxygen atoms in total. The maximum absolute atomic E-state index is 5.82. The van der Waals surface area contributed by atoms with Gasteiger partial charge in [0.25, 0.3) is 0 Å². The lowest BCUT2D eigenvalue weighted by Crippen LogP contribution is -2.27. The van der Waals surface area contributed by atoms with Crippen molar-refractivity contribution < 1.29 is 9.15 Å². The van der Waals surface area contributed by atoms with Crippen LogP contribution in [0.2, 0.25) is 0 Å². The van der Waals surface area contributed by atoms with Crippen LogP contribution in [0.5, 0.6) is 0 Å². The molecule has 0 fully saturated rings. The molecule has 0 aliphatic heterocycles. The Morgan fingerprint density at radius 1 is 1.40 bits per heavy atom. The van der Waals surface area contributed by atoms with Crippen LogP contribution in [0.15, 0.2) is 41.3 Å². The summed E-state index contributed by atoms with van der Waals surface area (Å²) >= 11 is 0. The Labute approximate surface area is 119 Å². The number of hydrogen-bond donors (Lipinski definition) is 1. The maximum atomic E-state index is 5.82. The minimum Gasteiger partial charge on any atom is -0.459 e. The highest BCUT2D eigenvalue weighted by atomic mass is 16.5. The van der Waals surface area contributed by atoms with Gasteiger partial charge in [-0.25, -0.2) is 0 Å². The summed E-state index contributed by atoms with van der Waals surface area (Å²) in [6, 6.07) is 8.05. The summed E-state index contributed by atoms with van der Waals surface area (Å²) in [5.41, 5.74) is 7.87. The van der Waals surface area contributed by atoms with Crippen molar-refractivity contribution in [3.8, 4) is 0 Å². The van der Waals surface area contributed by atoms with Crippen molar-refractivity contribution in [2.24, 2.45) is 5.73 Å². The second-order valence-corrected chi connectivity index (χ2v) is 4.72. The normalized spacial score (nSPS) is 11.3. The van der Waals surface area contributed by atoms with Crippen LogP contribution < -0.4 is 5.73 Å². The highest BCUT2D eigenvalue weighted by Gasteiger charge is 2.15. The van der Waals surface area contributed by atoms with E-state index in [-0.39, 0.29) is 0 Å². The Kier molecular flexibility index (Phi) is 5.35. The van der Waals surface area contributed by atoms with Gasteiger partial charge in [-0.1, -0.05) is 24.3 Å². The molecule has 0 amide bonds. The zero-order valence-corrected chi connectivity index (χ0v) is 12.0. The predicted molar refractivity (Wildman–Crippen MR) is 81.5 cm³/mol. The van der Waals surface area contributed by atoms with Crippen LogP contribution in [0.25, 0.3) is 11.0 Å². The first-order chi connectivity index (χ1) is 9.80. The Morgan fingerprint density at radius 2 is 2.20 bits per heavy atom. The van der Waals surface area contributed by atoms with E-state index in [9.17, 15) is 0 Å². The average Bonchev–Trinajstić information content (AvgIpc) is 2.83. The minimum absolute atomic E-state index is 0.413. The lowest BCUT2D eigenvalue weighted by Gasteiger charge is -2.20. The van der Waals surface area contributed by atoms with E-state index in [0.29, 0.717) is 13.2 Å². The molecule has 1 aromatic heterocycles. The van der Waals surface area contributed by atoms with Crippen molar-refractivity contribution in [1.29, 1.82) is 0 Å². The number of nitrogens with two attached hydrogens (primary N) is 1. The molecule has 2 rings (SSSR count). The van der Waals surface area contributed by atoms with E-state index in [1.165, 1.54) is 5.56 Å². The monoisotopic (exact) mass is 274 g/mol. The molecule has 0 saturated carbocycles. The Balaban J connectivity index is 2.27. The van der Waals surface area contributed by atoms with Gasteiger partial charge in [0.15, 0.2) is 0 Å². The summed E-state index contributed by atoms with van der Waals surface area (Å²) in [5.74, 6) is 0.859. The molecule has 0 radical (unpaired) electrons. The smallest absolute Gasteiger partial charge is 0.134 e. The summed E-state index contributed by atoms with van der Waals surface area (Å²) in [5, 5.41) is 1.14. The third-order valence-corrected chi connectivity index (χ3v) is 3.35. The van der Waals surface area contributed by atoms with Crippen LogP contribution in [0, 0.1) is 0 Å². The summed E-state index contributed by atoms with van der Waals surface area (Å²) in [4.78, 5) is 2.27. The highest BCUT2D eigenvalue weighted by molar-refractivity contribution is 5.82. The predicted octanol–water partition coefficient (Wildman–Crippen LogP) is 2.53. The number of fused-ring (bicyclic) bond motifs is 1. The fourth-order valence-corrected chi connectivity index (χ4v) is 2.35. The van der Waals surface area contributed by atoms with Gasteiger partial charge >= 0.3 is 0 Å². The van der Waals surface area contributed by atoms with Crippen molar-refractivity contribution in [2.75, 3.05) is 26.8 Å². The average molecular weight is 274 g/mol. The lowest BCUT2D eigenvalue weighted by atomic mass is 10.1. The standard InChI is InChI=1S/C16H22N2O2/c1-3-8-18(9-10-19-2)12-14-13-6-4-5-7-15(13)20-16(14)11-17/h3-7H,1,8-12,17H2,2H3. The fourth-order valence-electron chi connectivity index (χ4n) is 2.35. The molecule has 2 aromatic rings. The number of rotatable bonds is 8. The molecule has 20 heavy (non-hydrogen) atoms. The molecule has 0 aliphatic rings. The summed E-state index contributed by atoms with van der Waals surface area (Å²) in [6.07, 6.45) is 1.90. The van der Waals surface area contributed by atoms with Crippen molar-refractivity contribution in [3.05, 3.63) is 48.2 Å². The molecule has 108 valence electrons. The quantitative estimate of drug-likeness (QED) is 0.752. The van der Waals surface area contributed by atoms with Crippen LogP contribution in [-0.2, 0) is 17.8 Å². The Hall–Kier alpha value is -1.62. The summed E-state index contributed by atoms with van der Waals surface area (Å²) < 4.78 is 11.0. The highest BCUT2D eigenvalue weighted by Crippen LogP contribution is 2.26. The first kappa shape index (κ1) is 14.8. The third kappa shape index (κ3) is 3.28. The largest absolute Gasteiger partial charge is 0.459 e. The van der Waals surface area contributed by atoms with Gasteiger partial charge in [-0.15, -0.1) is 6.58 Å². The second-order valence-electron chi connectivity index (χ2n) is 4.72. The topological polar surface area (TPSA) is 51.6 Å². The van der Waals surface area contributed by atoms with Gasteiger partial charge in [0, 0.05) is 37.7 Å². The Bertz CT molecular complexity index is 563. The van der Waals surface area contributed by atoms with Gasteiger partial charge in [0.1, 0.15) is 11.3 Å². The molecule has 0 unspecified atom stereocenters. The van der Waals surface area contributed by atoms with Gasteiger partial charge in [-0.05, 0) is 6.07 Å². The number of benzene rings is 1. The van der Waals surface area contributed by atoms with Gasteiger partial charge < -0.3 is 14.9 Å². The molecule has 0 saturated heterocycles.